The zero-order valence-electron chi connectivity index (χ0n) is 13.2. The van der Waals surface area contributed by atoms with Gasteiger partial charge < -0.3 is 21.1 Å². The summed E-state index contributed by atoms with van der Waals surface area (Å²) in [5, 5.41) is 5.71. The largest absolute Gasteiger partial charge is 0.497 e. The van der Waals surface area contributed by atoms with Gasteiger partial charge in [0.05, 0.1) is 19.2 Å². The molecule has 128 valence electrons. The molecule has 0 saturated carbocycles. The number of halogens is 1. The number of methoxy groups -OCH3 is 1. The molecule has 1 amide bonds. The standard InChI is InChI=1S/C16H19N5O2.HI/c1-23-14-6-2-5-13(10-14)21-16(17)20-9-8-19-15(22)12-4-3-7-18-11-12;/h2-7,10-11H,8-9H2,1H3,(H,19,22)(H3,17,20,21);1H. The van der Waals surface area contributed by atoms with Crippen LogP contribution in [0.15, 0.2) is 53.8 Å². The van der Waals surface area contributed by atoms with Gasteiger partial charge >= 0.3 is 0 Å². The number of aromatic nitrogens is 1. The third-order valence-corrected chi connectivity index (χ3v) is 2.95. The number of nitrogens with zero attached hydrogens (tertiary/aromatic N) is 2. The van der Waals surface area contributed by atoms with Crippen LogP contribution in [0.25, 0.3) is 0 Å². The van der Waals surface area contributed by atoms with Crippen molar-refractivity contribution in [1.29, 1.82) is 0 Å². The fraction of sp³-hybridized carbons (Fsp3) is 0.188. The fourth-order valence-electron chi connectivity index (χ4n) is 1.83. The van der Waals surface area contributed by atoms with Crippen LogP contribution in [0.2, 0.25) is 0 Å². The highest BCUT2D eigenvalue weighted by molar-refractivity contribution is 14.0. The smallest absolute Gasteiger partial charge is 0.252 e. The molecule has 1 aromatic carbocycles. The van der Waals surface area contributed by atoms with Gasteiger partial charge in [-0.1, -0.05) is 6.07 Å². The summed E-state index contributed by atoms with van der Waals surface area (Å²) in [7, 11) is 1.60. The Balaban J connectivity index is 0.00000288. The molecule has 0 saturated heterocycles. The van der Waals surface area contributed by atoms with Crippen LogP contribution < -0.4 is 21.1 Å². The quantitative estimate of drug-likeness (QED) is 0.275. The lowest BCUT2D eigenvalue weighted by molar-refractivity contribution is 0.0954. The van der Waals surface area contributed by atoms with Crippen molar-refractivity contribution in [1.82, 2.24) is 10.3 Å². The minimum Gasteiger partial charge on any atom is -0.497 e. The van der Waals surface area contributed by atoms with Crippen molar-refractivity contribution >= 4 is 41.5 Å². The third kappa shape index (κ3) is 6.41. The summed E-state index contributed by atoms with van der Waals surface area (Å²) in [5.41, 5.74) is 7.10. The van der Waals surface area contributed by atoms with E-state index in [9.17, 15) is 4.79 Å². The summed E-state index contributed by atoms with van der Waals surface area (Å²) < 4.78 is 5.13. The van der Waals surface area contributed by atoms with Crippen molar-refractivity contribution < 1.29 is 9.53 Å². The summed E-state index contributed by atoms with van der Waals surface area (Å²) >= 11 is 0. The Bertz CT molecular complexity index is 679. The summed E-state index contributed by atoms with van der Waals surface area (Å²) in [4.78, 5) is 19.8. The van der Waals surface area contributed by atoms with Crippen LogP contribution in [0.5, 0.6) is 5.75 Å². The molecule has 8 heteroatoms. The lowest BCUT2D eigenvalue weighted by Gasteiger charge is -2.07. The van der Waals surface area contributed by atoms with Crippen molar-refractivity contribution in [3.63, 3.8) is 0 Å². The Labute approximate surface area is 157 Å². The number of nitrogens with two attached hydrogens (primary N) is 1. The molecule has 0 spiro atoms. The zero-order chi connectivity index (χ0) is 16.5. The first kappa shape index (κ1) is 19.7. The van der Waals surface area contributed by atoms with Gasteiger partial charge in [-0.25, -0.2) is 0 Å². The number of carbonyl (C=O) groups excluding carboxylic acids is 1. The van der Waals surface area contributed by atoms with E-state index in [1.807, 2.05) is 24.3 Å². The summed E-state index contributed by atoms with van der Waals surface area (Å²) in [6.45, 7) is 0.753. The molecule has 0 atom stereocenters. The first-order valence-electron chi connectivity index (χ1n) is 7.08. The number of hydrogen-bond acceptors (Lipinski definition) is 4. The molecule has 2 aromatic rings. The number of pyridine rings is 1. The number of carbonyl (C=O) groups is 1. The monoisotopic (exact) mass is 441 g/mol. The number of rotatable bonds is 6. The van der Waals surface area contributed by atoms with Gasteiger partial charge in [0, 0.05) is 30.7 Å². The Hall–Kier alpha value is -2.36. The van der Waals surface area contributed by atoms with Crippen molar-refractivity contribution in [2.45, 2.75) is 0 Å². The fourth-order valence-corrected chi connectivity index (χ4v) is 1.83. The Morgan fingerprint density at radius 1 is 1.33 bits per heavy atom. The van der Waals surface area contributed by atoms with Crippen LogP contribution in [0.1, 0.15) is 10.4 Å². The highest BCUT2D eigenvalue weighted by atomic mass is 127. The van der Waals surface area contributed by atoms with Gasteiger partial charge in [0.25, 0.3) is 5.91 Å². The number of ether oxygens (including phenoxy) is 1. The lowest BCUT2D eigenvalue weighted by Crippen LogP contribution is -2.28. The Morgan fingerprint density at radius 2 is 2.17 bits per heavy atom. The Morgan fingerprint density at radius 3 is 2.88 bits per heavy atom. The molecule has 2 rings (SSSR count). The van der Waals surface area contributed by atoms with Gasteiger partial charge in [-0.2, -0.15) is 0 Å². The molecule has 0 aliphatic heterocycles. The SMILES string of the molecule is COc1cccc(NC(N)=NCCNC(=O)c2cccnc2)c1.I. The summed E-state index contributed by atoms with van der Waals surface area (Å²) in [6.07, 6.45) is 3.13. The van der Waals surface area contributed by atoms with E-state index in [2.05, 4.69) is 20.6 Å². The molecule has 0 aliphatic carbocycles. The van der Waals surface area contributed by atoms with E-state index < -0.39 is 0 Å². The average Bonchev–Trinajstić information content (AvgIpc) is 2.59. The van der Waals surface area contributed by atoms with Gasteiger partial charge in [-0.15, -0.1) is 24.0 Å². The number of anilines is 1. The molecule has 0 unspecified atom stereocenters. The maximum Gasteiger partial charge on any atom is 0.252 e. The second-order valence-electron chi connectivity index (χ2n) is 4.62. The van der Waals surface area contributed by atoms with Gasteiger partial charge in [-0.3, -0.25) is 14.8 Å². The molecule has 1 aromatic heterocycles. The van der Waals surface area contributed by atoms with E-state index >= 15 is 0 Å². The average molecular weight is 441 g/mol. The van der Waals surface area contributed by atoms with E-state index in [1.54, 1.807) is 25.4 Å². The molecule has 0 fully saturated rings. The van der Waals surface area contributed by atoms with Crippen LogP contribution in [-0.4, -0.2) is 37.1 Å². The van der Waals surface area contributed by atoms with Crippen molar-refractivity contribution in [2.75, 3.05) is 25.5 Å². The summed E-state index contributed by atoms with van der Waals surface area (Å²) in [5.74, 6) is 0.813. The minimum absolute atomic E-state index is 0. The van der Waals surface area contributed by atoms with Gasteiger partial charge in [-0.05, 0) is 24.3 Å². The third-order valence-electron chi connectivity index (χ3n) is 2.95. The lowest BCUT2D eigenvalue weighted by atomic mass is 10.3. The highest BCUT2D eigenvalue weighted by Gasteiger charge is 2.03. The number of guanidine groups is 1. The van der Waals surface area contributed by atoms with Gasteiger partial charge in [0.1, 0.15) is 5.75 Å². The number of hydrogen-bond donors (Lipinski definition) is 3. The normalized spacial score (nSPS) is 10.5. The van der Waals surface area contributed by atoms with E-state index in [4.69, 9.17) is 10.5 Å². The molecule has 0 aliphatic rings. The van der Waals surface area contributed by atoms with Crippen LogP contribution in [0.4, 0.5) is 5.69 Å². The molecular formula is C16H20IN5O2. The first-order chi connectivity index (χ1) is 11.2. The zero-order valence-corrected chi connectivity index (χ0v) is 15.6. The summed E-state index contributed by atoms with van der Waals surface area (Å²) in [6, 6.07) is 10.8. The molecule has 0 radical (unpaired) electrons. The maximum absolute atomic E-state index is 11.8. The van der Waals surface area contributed by atoms with Crippen LogP contribution in [-0.2, 0) is 0 Å². The molecular weight excluding hydrogens is 421 g/mol. The second kappa shape index (κ2) is 10.4. The molecule has 24 heavy (non-hydrogen) atoms. The van der Waals surface area contributed by atoms with Crippen LogP contribution in [0, 0.1) is 0 Å². The van der Waals surface area contributed by atoms with Crippen LogP contribution >= 0.6 is 24.0 Å². The highest BCUT2D eigenvalue weighted by Crippen LogP contribution is 2.16. The van der Waals surface area contributed by atoms with Crippen molar-refractivity contribution in [2.24, 2.45) is 10.7 Å². The van der Waals surface area contributed by atoms with Gasteiger partial charge in [0.2, 0.25) is 0 Å². The van der Waals surface area contributed by atoms with Gasteiger partial charge in [0.15, 0.2) is 5.96 Å². The van der Waals surface area contributed by atoms with Crippen LogP contribution in [0.3, 0.4) is 0 Å². The predicted molar refractivity (Wildman–Crippen MR) is 105 cm³/mol. The number of nitrogens with one attached hydrogen (secondary N) is 2. The van der Waals surface area contributed by atoms with E-state index in [-0.39, 0.29) is 35.8 Å². The van der Waals surface area contributed by atoms with E-state index in [1.165, 1.54) is 6.20 Å². The molecule has 7 nitrogen and oxygen atoms in total. The number of aliphatic imine (C=N–C) groups is 1. The number of benzene rings is 1. The molecule has 1 heterocycles. The predicted octanol–water partition coefficient (Wildman–Crippen LogP) is 1.86. The minimum atomic E-state index is -0.187. The topological polar surface area (TPSA) is 102 Å². The number of amides is 1. The molecule has 0 bridgehead atoms. The Kier molecular flexibility index (Phi) is 8.55. The maximum atomic E-state index is 11.8. The van der Waals surface area contributed by atoms with Crippen molar-refractivity contribution in [3.05, 3.63) is 54.4 Å². The molecule has 4 N–H and O–H groups in total. The first-order valence-corrected chi connectivity index (χ1v) is 7.08. The second-order valence-corrected chi connectivity index (χ2v) is 4.62. The van der Waals surface area contributed by atoms with Crippen molar-refractivity contribution in [3.8, 4) is 5.75 Å². The van der Waals surface area contributed by atoms with E-state index in [0.29, 0.717) is 18.7 Å². The van der Waals surface area contributed by atoms with E-state index in [0.717, 1.165) is 11.4 Å².